The van der Waals surface area contributed by atoms with Crippen LogP contribution in [0.25, 0.3) is 39.6 Å². The van der Waals surface area contributed by atoms with Crippen molar-refractivity contribution in [3.63, 3.8) is 0 Å². The van der Waals surface area contributed by atoms with Gasteiger partial charge in [-0.25, -0.2) is 4.39 Å². The van der Waals surface area contributed by atoms with Gasteiger partial charge in [0.15, 0.2) is 0 Å². The van der Waals surface area contributed by atoms with Crippen LogP contribution < -0.4 is 0 Å². The van der Waals surface area contributed by atoms with Crippen LogP contribution in [0.2, 0.25) is 0 Å². The number of hydrogen-bond donors (Lipinski definition) is 0. The Bertz CT molecular complexity index is 1020. The average molecular weight is 315 g/mol. The van der Waals surface area contributed by atoms with Gasteiger partial charge in [-0.3, -0.25) is 9.97 Å². The molecule has 0 aliphatic heterocycles. The predicted molar refractivity (Wildman–Crippen MR) is 94.7 cm³/mol. The summed E-state index contributed by atoms with van der Waals surface area (Å²) < 4.78 is 15.4. The number of pyridine rings is 2. The molecule has 0 saturated carbocycles. The molecule has 0 saturated heterocycles. The van der Waals surface area contributed by atoms with Gasteiger partial charge in [0, 0.05) is 35.9 Å². The van der Waals surface area contributed by atoms with Gasteiger partial charge in [-0.05, 0) is 42.0 Å². The minimum absolute atomic E-state index is 0.260. The van der Waals surface area contributed by atoms with E-state index in [2.05, 4.69) is 16.5 Å². The van der Waals surface area contributed by atoms with E-state index in [1.807, 2.05) is 28.8 Å². The van der Waals surface area contributed by atoms with Gasteiger partial charge in [-0.2, -0.15) is 0 Å². The third-order valence-electron chi connectivity index (χ3n) is 4.03. The number of fused-ring (bicyclic) bond motifs is 1. The second kappa shape index (κ2) is 5.74. The molecule has 4 heteroatoms. The highest BCUT2D eigenvalue weighted by atomic mass is 19.1. The first-order chi connectivity index (χ1) is 11.8. The van der Waals surface area contributed by atoms with Crippen LogP contribution in [0, 0.1) is 5.82 Å². The molecule has 0 atom stereocenters. The van der Waals surface area contributed by atoms with E-state index in [0.717, 1.165) is 33.4 Å². The zero-order valence-electron chi connectivity index (χ0n) is 12.9. The summed E-state index contributed by atoms with van der Waals surface area (Å²) in [6.07, 6.45) is 7.04. The molecule has 0 aliphatic rings. The molecule has 4 aromatic rings. The van der Waals surface area contributed by atoms with E-state index in [0.29, 0.717) is 0 Å². The minimum Gasteiger partial charge on any atom is -0.314 e. The molecule has 0 amide bonds. The standard InChI is InChI=1S/C20H14FN3/c1-2-24-17-4-3-11-23-19(17)18(14-5-7-16(21)8-6-14)20(24)15-9-12-22-13-10-15/h2-13H,1H2. The van der Waals surface area contributed by atoms with Crippen LogP contribution in [-0.2, 0) is 0 Å². The van der Waals surface area contributed by atoms with Crippen molar-refractivity contribution in [2.75, 3.05) is 0 Å². The van der Waals surface area contributed by atoms with Crippen LogP contribution in [0.1, 0.15) is 0 Å². The van der Waals surface area contributed by atoms with Crippen molar-refractivity contribution >= 4 is 17.2 Å². The number of aromatic nitrogens is 3. The molecule has 0 radical (unpaired) electrons. The number of halogens is 1. The summed E-state index contributed by atoms with van der Waals surface area (Å²) in [5.74, 6) is -0.260. The zero-order chi connectivity index (χ0) is 16.5. The Hall–Kier alpha value is -3.27. The van der Waals surface area contributed by atoms with Crippen molar-refractivity contribution < 1.29 is 4.39 Å². The van der Waals surface area contributed by atoms with Crippen molar-refractivity contribution in [1.82, 2.24) is 14.5 Å². The SMILES string of the molecule is C=Cn1c(-c2ccncc2)c(-c2ccc(F)cc2)c2ncccc21. The maximum Gasteiger partial charge on any atom is 0.123 e. The van der Waals surface area contributed by atoms with Crippen molar-refractivity contribution in [1.29, 1.82) is 0 Å². The average Bonchev–Trinajstić information content (AvgIpc) is 2.97. The molecule has 0 spiro atoms. The van der Waals surface area contributed by atoms with Gasteiger partial charge >= 0.3 is 0 Å². The van der Waals surface area contributed by atoms with Crippen molar-refractivity contribution in [2.24, 2.45) is 0 Å². The zero-order valence-corrected chi connectivity index (χ0v) is 12.9. The van der Waals surface area contributed by atoms with Crippen molar-refractivity contribution in [3.8, 4) is 22.4 Å². The topological polar surface area (TPSA) is 30.7 Å². The second-order valence-corrected chi connectivity index (χ2v) is 5.39. The lowest BCUT2D eigenvalue weighted by molar-refractivity contribution is 0.628. The molecule has 3 nitrogen and oxygen atoms in total. The van der Waals surface area contributed by atoms with E-state index >= 15 is 0 Å². The molecule has 0 aliphatic carbocycles. The molecule has 0 fully saturated rings. The summed E-state index contributed by atoms with van der Waals surface area (Å²) >= 11 is 0. The lowest BCUT2D eigenvalue weighted by atomic mass is 10.0. The van der Waals surface area contributed by atoms with Gasteiger partial charge in [-0.15, -0.1) is 0 Å². The van der Waals surface area contributed by atoms with Crippen LogP contribution in [0.4, 0.5) is 4.39 Å². The Morgan fingerprint density at radius 2 is 1.67 bits per heavy atom. The largest absolute Gasteiger partial charge is 0.314 e. The van der Waals surface area contributed by atoms with Gasteiger partial charge in [-0.1, -0.05) is 18.7 Å². The predicted octanol–water partition coefficient (Wildman–Crippen LogP) is 5.00. The monoisotopic (exact) mass is 315 g/mol. The third-order valence-corrected chi connectivity index (χ3v) is 4.03. The smallest absolute Gasteiger partial charge is 0.123 e. The molecule has 0 bridgehead atoms. The fraction of sp³-hybridized carbons (Fsp3) is 0. The Morgan fingerprint density at radius 1 is 0.917 bits per heavy atom. The Kier molecular flexibility index (Phi) is 3.43. The fourth-order valence-corrected chi connectivity index (χ4v) is 3.01. The van der Waals surface area contributed by atoms with Gasteiger partial charge in [0.1, 0.15) is 5.82 Å². The summed E-state index contributed by atoms with van der Waals surface area (Å²) in [4.78, 5) is 8.65. The Labute approximate surface area is 138 Å². The first-order valence-corrected chi connectivity index (χ1v) is 7.57. The van der Waals surface area contributed by atoms with Crippen LogP contribution >= 0.6 is 0 Å². The first kappa shape index (κ1) is 14.3. The maximum absolute atomic E-state index is 13.4. The van der Waals surface area contributed by atoms with E-state index in [1.54, 1.807) is 36.9 Å². The van der Waals surface area contributed by atoms with Crippen molar-refractivity contribution in [3.05, 3.63) is 79.5 Å². The normalized spacial score (nSPS) is 10.9. The summed E-state index contributed by atoms with van der Waals surface area (Å²) in [5.41, 5.74) is 5.65. The van der Waals surface area contributed by atoms with Crippen LogP contribution in [0.3, 0.4) is 0 Å². The van der Waals surface area contributed by atoms with Crippen LogP contribution in [0.5, 0.6) is 0 Å². The van der Waals surface area contributed by atoms with Gasteiger partial charge in [0.2, 0.25) is 0 Å². The summed E-state index contributed by atoms with van der Waals surface area (Å²) in [5, 5.41) is 0. The van der Waals surface area contributed by atoms with Crippen LogP contribution in [0.15, 0.2) is 73.7 Å². The maximum atomic E-state index is 13.4. The molecular weight excluding hydrogens is 301 g/mol. The van der Waals surface area contributed by atoms with Crippen molar-refractivity contribution in [2.45, 2.75) is 0 Å². The summed E-state index contributed by atoms with van der Waals surface area (Å²) in [6.45, 7) is 3.95. The number of rotatable bonds is 3. The quantitative estimate of drug-likeness (QED) is 0.532. The molecule has 3 heterocycles. The Morgan fingerprint density at radius 3 is 2.38 bits per heavy atom. The van der Waals surface area contributed by atoms with E-state index in [-0.39, 0.29) is 5.82 Å². The summed E-state index contributed by atoms with van der Waals surface area (Å²) in [7, 11) is 0. The molecule has 0 N–H and O–H groups in total. The number of benzene rings is 1. The van der Waals surface area contributed by atoms with E-state index in [1.165, 1.54) is 12.1 Å². The molecule has 3 aromatic heterocycles. The number of hydrogen-bond acceptors (Lipinski definition) is 2. The van der Waals surface area contributed by atoms with Gasteiger partial charge < -0.3 is 4.57 Å². The van der Waals surface area contributed by atoms with Gasteiger partial charge in [0.05, 0.1) is 16.7 Å². The fourth-order valence-electron chi connectivity index (χ4n) is 3.01. The first-order valence-electron chi connectivity index (χ1n) is 7.57. The summed E-state index contributed by atoms with van der Waals surface area (Å²) in [6, 6.07) is 14.3. The third kappa shape index (κ3) is 2.20. The lowest BCUT2D eigenvalue weighted by Gasteiger charge is -2.08. The molecule has 116 valence electrons. The van der Waals surface area contributed by atoms with E-state index in [4.69, 9.17) is 0 Å². The van der Waals surface area contributed by atoms with E-state index < -0.39 is 0 Å². The highest BCUT2D eigenvalue weighted by molar-refractivity contribution is 6.03. The Balaban J connectivity index is 2.14. The molecule has 0 unspecified atom stereocenters. The molecular formula is C20H14FN3. The minimum atomic E-state index is -0.260. The lowest BCUT2D eigenvalue weighted by Crippen LogP contribution is -1.91. The van der Waals surface area contributed by atoms with E-state index in [9.17, 15) is 4.39 Å². The molecule has 24 heavy (non-hydrogen) atoms. The van der Waals surface area contributed by atoms with Gasteiger partial charge in [0.25, 0.3) is 0 Å². The molecule has 1 aromatic carbocycles. The highest BCUT2D eigenvalue weighted by Crippen LogP contribution is 2.39. The number of nitrogens with zero attached hydrogens (tertiary/aromatic N) is 3. The highest BCUT2D eigenvalue weighted by Gasteiger charge is 2.19. The second-order valence-electron chi connectivity index (χ2n) is 5.39. The van der Waals surface area contributed by atoms with Crippen LogP contribution in [-0.4, -0.2) is 14.5 Å². The molecule has 4 rings (SSSR count).